The van der Waals surface area contributed by atoms with Crippen LogP contribution in [-0.2, 0) is 6.54 Å². The molecule has 100 valence electrons. The zero-order chi connectivity index (χ0) is 12.8. The molecule has 18 heavy (non-hydrogen) atoms. The highest BCUT2D eigenvalue weighted by atomic mass is 35.5. The number of nitrogens with one attached hydrogen (secondary N) is 1. The van der Waals surface area contributed by atoms with Crippen LogP contribution in [0.1, 0.15) is 44.1 Å². The minimum absolute atomic E-state index is 0.379. The van der Waals surface area contributed by atoms with E-state index in [2.05, 4.69) is 5.32 Å². The third-order valence-corrected chi connectivity index (χ3v) is 3.72. The first-order valence-corrected chi connectivity index (χ1v) is 7.27. The zero-order valence-corrected chi connectivity index (χ0v) is 11.8. The maximum Gasteiger partial charge on any atom is 0.124 e. The fourth-order valence-corrected chi connectivity index (χ4v) is 2.73. The van der Waals surface area contributed by atoms with Gasteiger partial charge in [-0.15, -0.1) is 0 Å². The molecule has 2 nitrogen and oxygen atoms in total. The van der Waals surface area contributed by atoms with Crippen molar-refractivity contribution in [2.24, 2.45) is 0 Å². The smallest absolute Gasteiger partial charge is 0.124 e. The van der Waals surface area contributed by atoms with E-state index in [-0.39, 0.29) is 0 Å². The Bertz CT molecular complexity index is 373. The molecule has 1 aliphatic carbocycles. The van der Waals surface area contributed by atoms with Crippen LogP contribution < -0.4 is 10.1 Å². The van der Waals surface area contributed by atoms with Crippen molar-refractivity contribution in [1.29, 1.82) is 0 Å². The number of rotatable bonds is 4. The highest BCUT2D eigenvalue weighted by molar-refractivity contribution is 6.30. The van der Waals surface area contributed by atoms with Crippen LogP contribution in [0.2, 0.25) is 5.02 Å². The van der Waals surface area contributed by atoms with E-state index in [9.17, 15) is 0 Å². The minimum Gasteiger partial charge on any atom is -0.490 e. The van der Waals surface area contributed by atoms with Gasteiger partial charge in [0.25, 0.3) is 0 Å². The third kappa shape index (κ3) is 3.89. The lowest BCUT2D eigenvalue weighted by Gasteiger charge is -2.19. The second-order valence-electron chi connectivity index (χ2n) is 5.01. The zero-order valence-electron chi connectivity index (χ0n) is 11.0. The van der Waals surface area contributed by atoms with Crippen molar-refractivity contribution < 1.29 is 4.74 Å². The van der Waals surface area contributed by atoms with Crippen LogP contribution in [0.4, 0.5) is 0 Å². The van der Waals surface area contributed by atoms with E-state index in [1.807, 2.05) is 25.2 Å². The van der Waals surface area contributed by atoms with E-state index in [1.54, 1.807) is 0 Å². The van der Waals surface area contributed by atoms with Crippen LogP contribution in [0.25, 0.3) is 0 Å². The molecule has 0 saturated heterocycles. The number of hydrogen-bond donors (Lipinski definition) is 1. The maximum absolute atomic E-state index is 6.18. The molecule has 0 radical (unpaired) electrons. The molecule has 0 unspecified atom stereocenters. The molecule has 0 heterocycles. The summed E-state index contributed by atoms with van der Waals surface area (Å²) < 4.78 is 6.18. The van der Waals surface area contributed by atoms with Gasteiger partial charge in [-0.3, -0.25) is 0 Å². The van der Waals surface area contributed by atoms with Gasteiger partial charge in [-0.1, -0.05) is 24.4 Å². The number of hydrogen-bond acceptors (Lipinski definition) is 2. The Labute approximate surface area is 115 Å². The van der Waals surface area contributed by atoms with Gasteiger partial charge >= 0.3 is 0 Å². The summed E-state index contributed by atoms with van der Waals surface area (Å²) in [5, 5.41) is 3.93. The fraction of sp³-hybridized carbons (Fsp3) is 0.600. The van der Waals surface area contributed by atoms with Crippen LogP contribution in [-0.4, -0.2) is 13.2 Å². The van der Waals surface area contributed by atoms with Crippen molar-refractivity contribution >= 4 is 11.6 Å². The van der Waals surface area contributed by atoms with Gasteiger partial charge in [0.05, 0.1) is 6.10 Å². The minimum atomic E-state index is 0.379. The highest BCUT2D eigenvalue weighted by Crippen LogP contribution is 2.27. The molecule has 0 bridgehead atoms. The summed E-state index contributed by atoms with van der Waals surface area (Å²) in [6.07, 6.45) is 8.03. The average Bonchev–Trinajstić information content (AvgIpc) is 2.61. The number of ether oxygens (including phenoxy) is 1. The van der Waals surface area contributed by atoms with Crippen molar-refractivity contribution in [2.45, 2.75) is 51.2 Å². The summed E-state index contributed by atoms with van der Waals surface area (Å²) in [6.45, 7) is 0.794. The topological polar surface area (TPSA) is 21.3 Å². The van der Waals surface area contributed by atoms with Crippen molar-refractivity contribution in [2.75, 3.05) is 7.05 Å². The lowest BCUT2D eigenvalue weighted by molar-refractivity contribution is 0.182. The molecule has 1 aromatic carbocycles. The SMILES string of the molecule is CNCc1cc(Cl)ccc1OC1CCCCCC1. The van der Waals surface area contributed by atoms with E-state index in [1.165, 1.54) is 38.5 Å². The lowest BCUT2D eigenvalue weighted by Crippen LogP contribution is -2.17. The van der Waals surface area contributed by atoms with Gasteiger partial charge in [0.15, 0.2) is 0 Å². The Kier molecular flexibility index (Phi) is 5.33. The van der Waals surface area contributed by atoms with Gasteiger partial charge in [0.2, 0.25) is 0 Å². The lowest BCUT2D eigenvalue weighted by atomic mass is 10.1. The summed E-state index contributed by atoms with van der Waals surface area (Å²) >= 11 is 6.04. The van der Waals surface area contributed by atoms with Gasteiger partial charge in [-0.05, 0) is 50.9 Å². The fourth-order valence-electron chi connectivity index (χ4n) is 2.53. The Balaban J connectivity index is 2.06. The van der Waals surface area contributed by atoms with Gasteiger partial charge in [0, 0.05) is 17.1 Å². The van der Waals surface area contributed by atoms with Crippen molar-refractivity contribution in [3.8, 4) is 5.75 Å². The molecule has 1 aromatic rings. The summed E-state index contributed by atoms with van der Waals surface area (Å²) in [7, 11) is 1.94. The first kappa shape index (κ1) is 13.7. The molecular weight excluding hydrogens is 246 g/mol. The molecule has 2 rings (SSSR count). The van der Waals surface area contributed by atoms with E-state index in [0.717, 1.165) is 22.9 Å². The van der Waals surface area contributed by atoms with Gasteiger partial charge in [-0.25, -0.2) is 0 Å². The van der Waals surface area contributed by atoms with E-state index < -0.39 is 0 Å². The largest absolute Gasteiger partial charge is 0.490 e. The quantitative estimate of drug-likeness (QED) is 0.827. The van der Waals surface area contributed by atoms with Crippen molar-refractivity contribution in [3.63, 3.8) is 0 Å². The van der Waals surface area contributed by atoms with Gasteiger partial charge < -0.3 is 10.1 Å². The van der Waals surface area contributed by atoms with E-state index >= 15 is 0 Å². The Morgan fingerprint density at radius 2 is 1.94 bits per heavy atom. The molecule has 0 aromatic heterocycles. The second-order valence-corrected chi connectivity index (χ2v) is 5.45. The first-order chi connectivity index (χ1) is 8.79. The summed E-state index contributed by atoms with van der Waals surface area (Å²) in [5.41, 5.74) is 1.15. The standard InChI is InChI=1S/C15H22ClNO/c1-17-11-12-10-13(16)8-9-15(12)18-14-6-4-2-3-5-7-14/h8-10,14,17H,2-7,11H2,1H3. The predicted octanol–water partition coefficient (Wildman–Crippen LogP) is 4.16. The molecule has 0 aliphatic heterocycles. The van der Waals surface area contributed by atoms with Gasteiger partial charge in [-0.2, -0.15) is 0 Å². The molecule has 1 N–H and O–H groups in total. The second kappa shape index (κ2) is 7.01. The van der Waals surface area contributed by atoms with Crippen LogP contribution >= 0.6 is 11.6 Å². The summed E-state index contributed by atoms with van der Waals surface area (Å²) in [5.74, 6) is 0.987. The Morgan fingerprint density at radius 3 is 2.61 bits per heavy atom. The molecule has 0 amide bonds. The van der Waals surface area contributed by atoms with Crippen molar-refractivity contribution in [1.82, 2.24) is 5.32 Å². The molecule has 1 fully saturated rings. The molecular formula is C15H22ClNO. The van der Waals surface area contributed by atoms with Crippen LogP contribution in [0.3, 0.4) is 0 Å². The molecule has 1 saturated carbocycles. The van der Waals surface area contributed by atoms with Gasteiger partial charge in [0.1, 0.15) is 5.75 Å². The maximum atomic E-state index is 6.18. The molecule has 0 spiro atoms. The third-order valence-electron chi connectivity index (χ3n) is 3.49. The number of halogens is 1. The van der Waals surface area contributed by atoms with Crippen molar-refractivity contribution in [3.05, 3.63) is 28.8 Å². The highest BCUT2D eigenvalue weighted by Gasteiger charge is 2.15. The monoisotopic (exact) mass is 267 g/mol. The molecule has 1 aliphatic rings. The van der Waals surface area contributed by atoms with E-state index in [4.69, 9.17) is 16.3 Å². The van der Waals surface area contributed by atoms with Crippen LogP contribution in [0, 0.1) is 0 Å². The Morgan fingerprint density at radius 1 is 1.22 bits per heavy atom. The van der Waals surface area contributed by atoms with Crippen LogP contribution in [0.15, 0.2) is 18.2 Å². The van der Waals surface area contributed by atoms with E-state index in [0.29, 0.717) is 6.10 Å². The summed E-state index contributed by atoms with van der Waals surface area (Å²) in [6, 6.07) is 5.90. The summed E-state index contributed by atoms with van der Waals surface area (Å²) in [4.78, 5) is 0. The van der Waals surface area contributed by atoms with Crippen LogP contribution in [0.5, 0.6) is 5.75 Å². The predicted molar refractivity (Wildman–Crippen MR) is 76.3 cm³/mol. The normalized spacial score (nSPS) is 17.4. The molecule has 0 atom stereocenters. The molecule has 3 heteroatoms. The first-order valence-electron chi connectivity index (χ1n) is 6.89. The Hall–Kier alpha value is -0.730. The number of benzene rings is 1. The average molecular weight is 268 g/mol.